The summed E-state index contributed by atoms with van der Waals surface area (Å²) in [7, 11) is 2.10. The summed E-state index contributed by atoms with van der Waals surface area (Å²) in [6, 6.07) is 6.73. The molecule has 2 aliphatic carbocycles. The number of allylic oxidation sites excluding steroid dienone is 1. The van der Waals surface area contributed by atoms with Crippen LogP contribution >= 0.6 is 0 Å². The van der Waals surface area contributed by atoms with Crippen LogP contribution in [0.15, 0.2) is 47.7 Å². The van der Waals surface area contributed by atoms with Gasteiger partial charge in [-0.15, -0.1) is 0 Å². The Morgan fingerprint density at radius 3 is 2.54 bits per heavy atom. The molecule has 11 heteroatoms. The number of hydrogen-bond donors (Lipinski definition) is 6. The van der Waals surface area contributed by atoms with Crippen LogP contribution in [0.2, 0.25) is 0 Å². The van der Waals surface area contributed by atoms with Crippen LogP contribution in [0.5, 0.6) is 0 Å². The predicted molar refractivity (Wildman–Crippen MR) is 159 cm³/mol. The summed E-state index contributed by atoms with van der Waals surface area (Å²) in [5.41, 5.74) is 18.2. The zero-order valence-electron chi connectivity index (χ0n) is 23.9. The molecule has 8 N–H and O–H groups in total. The first kappa shape index (κ1) is 27.2. The average Bonchev–Trinajstić information content (AvgIpc) is 3.91. The van der Waals surface area contributed by atoms with E-state index in [9.17, 15) is 9.59 Å². The fraction of sp³-hybridized carbons (Fsp3) is 0.500. The maximum atomic E-state index is 13.0. The van der Waals surface area contributed by atoms with E-state index < -0.39 is 0 Å². The molecule has 3 heterocycles. The first-order valence-electron chi connectivity index (χ1n) is 14.9. The van der Waals surface area contributed by atoms with Crippen LogP contribution in [-0.4, -0.2) is 47.8 Å². The number of nitrogens with zero attached hydrogens (tertiary/aromatic N) is 3. The van der Waals surface area contributed by atoms with Gasteiger partial charge in [-0.1, -0.05) is 19.1 Å². The molecular formula is C30H41N9O2. The second kappa shape index (κ2) is 11.1. The number of fused-ring (bicyclic) bond motifs is 3. The number of para-hydroxylation sites is 1. The first-order valence-corrected chi connectivity index (χ1v) is 14.9. The fourth-order valence-corrected chi connectivity index (χ4v) is 6.02. The van der Waals surface area contributed by atoms with E-state index in [1.807, 2.05) is 18.3 Å². The molecular weight excluding hydrogens is 518 g/mol. The normalized spacial score (nSPS) is 21.5. The molecule has 2 saturated carbocycles. The molecule has 1 unspecified atom stereocenters. The van der Waals surface area contributed by atoms with E-state index >= 15 is 0 Å². The summed E-state index contributed by atoms with van der Waals surface area (Å²) in [5, 5.41) is 17.5. The summed E-state index contributed by atoms with van der Waals surface area (Å²) in [6.07, 6.45) is 10.2. The molecule has 1 aromatic carbocycles. The standard InChI is InChI=1S/C30H41N9O2/c1-3-24-28-21(16-34-39(28)19-11-13-33-14-12-19)20-5-4-6-22(27(20)38(24)2)36-23(26(32)30(41)35-18-9-10-18)15-25(31)37-29(40)17-7-8-17/h4-6,15-19,24,33,36H,3,7-14,31-32H2,1-2H3,(H,35,41)(H,37,40)/b25-15+,26-23+. The second-order valence-corrected chi connectivity index (χ2v) is 11.7. The van der Waals surface area contributed by atoms with Gasteiger partial charge in [-0.05, 0) is 64.1 Å². The lowest BCUT2D eigenvalue weighted by atomic mass is 9.91. The third kappa shape index (κ3) is 5.50. The molecule has 41 heavy (non-hydrogen) atoms. The molecule has 3 fully saturated rings. The Balaban J connectivity index is 1.38. The summed E-state index contributed by atoms with van der Waals surface area (Å²) in [6.45, 7) is 4.20. The molecule has 1 saturated heterocycles. The maximum Gasteiger partial charge on any atom is 0.269 e. The van der Waals surface area contributed by atoms with Crippen molar-refractivity contribution >= 4 is 23.2 Å². The minimum absolute atomic E-state index is 0.00129. The van der Waals surface area contributed by atoms with E-state index in [-0.39, 0.29) is 41.3 Å². The number of piperidine rings is 1. The van der Waals surface area contributed by atoms with Gasteiger partial charge in [-0.3, -0.25) is 14.3 Å². The largest absolute Gasteiger partial charge is 0.393 e. The summed E-state index contributed by atoms with van der Waals surface area (Å²) >= 11 is 0. The van der Waals surface area contributed by atoms with Crippen molar-refractivity contribution < 1.29 is 9.59 Å². The van der Waals surface area contributed by atoms with Crippen molar-refractivity contribution in [2.75, 3.05) is 30.4 Å². The van der Waals surface area contributed by atoms with E-state index in [0.717, 1.165) is 80.5 Å². The number of carbonyl (C=O) groups is 2. The van der Waals surface area contributed by atoms with Gasteiger partial charge in [-0.2, -0.15) is 5.10 Å². The van der Waals surface area contributed by atoms with Gasteiger partial charge < -0.3 is 37.6 Å². The van der Waals surface area contributed by atoms with Crippen LogP contribution in [0.1, 0.15) is 69.6 Å². The Hall–Kier alpha value is -3.99. The van der Waals surface area contributed by atoms with Crippen LogP contribution in [-0.2, 0) is 9.59 Å². The monoisotopic (exact) mass is 559 g/mol. The number of nitrogens with one attached hydrogen (secondary N) is 4. The minimum atomic E-state index is -0.359. The third-order valence-corrected chi connectivity index (χ3v) is 8.57. The molecule has 218 valence electrons. The molecule has 2 amide bonds. The zero-order chi connectivity index (χ0) is 28.7. The van der Waals surface area contributed by atoms with Gasteiger partial charge in [0.2, 0.25) is 5.91 Å². The molecule has 2 aromatic rings. The van der Waals surface area contributed by atoms with Crippen LogP contribution in [0.3, 0.4) is 0 Å². The van der Waals surface area contributed by atoms with Crippen LogP contribution in [0.4, 0.5) is 11.4 Å². The zero-order valence-corrected chi connectivity index (χ0v) is 23.9. The van der Waals surface area contributed by atoms with Crippen molar-refractivity contribution in [1.29, 1.82) is 0 Å². The highest BCUT2D eigenvalue weighted by molar-refractivity contribution is 5.96. The predicted octanol–water partition coefficient (Wildman–Crippen LogP) is 2.56. The van der Waals surface area contributed by atoms with E-state index in [4.69, 9.17) is 16.6 Å². The number of aromatic nitrogens is 2. The minimum Gasteiger partial charge on any atom is -0.393 e. The highest BCUT2D eigenvalue weighted by Gasteiger charge is 2.35. The highest BCUT2D eigenvalue weighted by atomic mass is 16.2. The Bertz CT molecular complexity index is 1400. The Kier molecular flexibility index (Phi) is 7.37. The van der Waals surface area contributed by atoms with E-state index in [1.165, 1.54) is 5.69 Å². The Labute approximate surface area is 240 Å². The van der Waals surface area contributed by atoms with Gasteiger partial charge in [0.15, 0.2) is 0 Å². The van der Waals surface area contributed by atoms with E-state index in [0.29, 0.717) is 11.7 Å². The maximum absolute atomic E-state index is 13.0. The summed E-state index contributed by atoms with van der Waals surface area (Å²) < 4.78 is 2.25. The van der Waals surface area contributed by atoms with Gasteiger partial charge in [0.05, 0.1) is 41.0 Å². The molecule has 0 bridgehead atoms. The number of nitrogens with two attached hydrogens (primary N) is 2. The van der Waals surface area contributed by atoms with Crippen LogP contribution in [0, 0.1) is 5.92 Å². The number of amides is 2. The van der Waals surface area contributed by atoms with Crippen molar-refractivity contribution in [2.45, 2.75) is 70.0 Å². The number of anilines is 2. The lowest BCUT2D eigenvalue weighted by molar-refractivity contribution is -0.121. The molecule has 2 aliphatic heterocycles. The molecule has 11 nitrogen and oxygen atoms in total. The van der Waals surface area contributed by atoms with Crippen molar-refractivity contribution in [3.05, 3.63) is 53.4 Å². The van der Waals surface area contributed by atoms with Gasteiger partial charge in [-0.25, -0.2) is 0 Å². The van der Waals surface area contributed by atoms with Gasteiger partial charge >= 0.3 is 0 Å². The van der Waals surface area contributed by atoms with Crippen molar-refractivity contribution in [3.63, 3.8) is 0 Å². The number of benzene rings is 1. The fourth-order valence-electron chi connectivity index (χ4n) is 6.02. The van der Waals surface area contributed by atoms with E-state index in [1.54, 1.807) is 6.08 Å². The quantitative estimate of drug-likeness (QED) is 0.202. The molecule has 1 atom stereocenters. The van der Waals surface area contributed by atoms with Crippen molar-refractivity contribution in [3.8, 4) is 11.1 Å². The smallest absolute Gasteiger partial charge is 0.269 e. The van der Waals surface area contributed by atoms with E-state index in [2.05, 4.69) is 50.9 Å². The lowest BCUT2D eigenvalue weighted by Gasteiger charge is -2.39. The van der Waals surface area contributed by atoms with Gasteiger partial charge in [0, 0.05) is 36.2 Å². The van der Waals surface area contributed by atoms with Crippen molar-refractivity contribution in [1.82, 2.24) is 25.7 Å². The first-order chi connectivity index (χ1) is 19.9. The van der Waals surface area contributed by atoms with Crippen molar-refractivity contribution in [2.24, 2.45) is 17.4 Å². The number of hydrogen-bond acceptors (Lipinski definition) is 8. The molecule has 6 rings (SSSR count). The molecule has 0 spiro atoms. The van der Waals surface area contributed by atoms with Gasteiger partial charge in [0.1, 0.15) is 11.5 Å². The lowest BCUT2D eigenvalue weighted by Crippen LogP contribution is -2.35. The second-order valence-electron chi connectivity index (χ2n) is 11.7. The SMILES string of the molecule is CCC1c2c(cnn2C2CCNCC2)-c2cccc(NC(/C=C(\N)NC(=O)C3CC3)=C(/N)C(=O)NC3CC3)c2N1C. The molecule has 1 aromatic heterocycles. The van der Waals surface area contributed by atoms with Gasteiger partial charge in [0.25, 0.3) is 5.91 Å². The Morgan fingerprint density at radius 1 is 1.10 bits per heavy atom. The number of carbonyl (C=O) groups excluding carboxylic acids is 2. The Morgan fingerprint density at radius 2 is 1.85 bits per heavy atom. The van der Waals surface area contributed by atoms with Crippen LogP contribution in [0.25, 0.3) is 11.1 Å². The highest BCUT2D eigenvalue weighted by Crippen LogP contribution is 2.49. The molecule has 0 radical (unpaired) electrons. The third-order valence-electron chi connectivity index (χ3n) is 8.57. The summed E-state index contributed by atoms with van der Waals surface area (Å²) in [4.78, 5) is 27.6. The number of rotatable bonds is 9. The topological polar surface area (TPSA) is 155 Å². The molecule has 4 aliphatic rings. The summed E-state index contributed by atoms with van der Waals surface area (Å²) in [5.74, 6) is -0.331. The van der Waals surface area contributed by atoms with Crippen LogP contribution < -0.4 is 37.6 Å². The average molecular weight is 560 g/mol.